The van der Waals surface area contributed by atoms with Crippen LogP contribution in [0.25, 0.3) is 0 Å². The van der Waals surface area contributed by atoms with E-state index in [0.29, 0.717) is 18.0 Å². The van der Waals surface area contributed by atoms with Crippen LogP contribution in [0, 0.1) is 0 Å². The molecular weight excluding hydrogens is 320 g/mol. The van der Waals surface area contributed by atoms with E-state index >= 15 is 0 Å². The van der Waals surface area contributed by atoms with Crippen molar-refractivity contribution in [2.45, 2.75) is 25.4 Å². The lowest BCUT2D eigenvalue weighted by Gasteiger charge is -2.32. The minimum Gasteiger partial charge on any atom is -0.482 e. The van der Waals surface area contributed by atoms with Crippen molar-refractivity contribution >= 4 is 17.5 Å². The maximum atomic E-state index is 12.9. The molecule has 1 aromatic carbocycles. The first-order valence-electron chi connectivity index (χ1n) is 8.51. The maximum Gasteiger partial charge on any atom is 0.265 e. The lowest BCUT2D eigenvalue weighted by atomic mass is 10.2. The molecule has 0 radical (unpaired) electrons. The summed E-state index contributed by atoms with van der Waals surface area (Å²) in [4.78, 5) is 28.5. The Morgan fingerprint density at radius 3 is 3.00 bits per heavy atom. The predicted octanol–water partition coefficient (Wildman–Crippen LogP) is 1.30. The molecule has 7 nitrogen and oxygen atoms in total. The van der Waals surface area contributed by atoms with Crippen molar-refractivity contribution in [2.75, 3.05) is 24.6 Å². The second kappa shape index (κ2) is 6.58. The van der Waals surface area contributed by atoms with Crippen molar-refractivity contribution in [2.24, 2.45) is 0 Å². The van der Waals surface area contributed by atoms with Crippen LogP contribution >= 0.6 is 0 Å². The first-order valence-corrected chi connectivity index (χ1v) is 8.51. The summed E-state index contributed by atoms with van der Waals surface area (Å²) >= 11 is 0. The number of likely N-dealkylation sites (tertiary alicyclic amines) is 1. The largest absolute Gasteiger partial charge is 0.482 e. The second-order valence-electron chi connectivity index (χ2n) is 6.35. The summed E-state index contributed by atoms with van der Waals surface area (Å²) in [7, 11) is 0. The molecule has 2 aliphatic rings. The van der Waals surface area contributed by atoms with E-state index in [1.54, 1.807) is 6.20 Å². The number of aromatic nitrogens is 2. The first kappa shape index (κ1) is 15.7. The number of ether oxygens (including phenoxy) is 1. The van der Waals surface area contributed by atoms with Crippen LogP contribution in [0.4, 0.5) is 5.69 Å². The van der Waals surface area contributed by atoms with E-state index in [-0.39, 0.29) is 31.0 Å². The Morgan fingerprint density at radius 1 is 1.28 bits per heavy atom. The summed E-state index contributed by atoms with van der Waals surface area (Å²) in [5, 5.41) is 4.23. The van der Waals surface area contributed by atoms with Gasteiger partial charge in [-0.2, -0.15) is 5.10 Å². The van der Waals surface area contributed by atoms with Crippen LogP contribution < -0.4 is 9.64 Å². The number of anilines is 1. The first-order chi connectivity index (χ1) is 12.2. The Kier molecular flexibility index (Phi) is 4.13. The minimum absolute atomic E-state index is 0.0268. The molecule has 1 fully saturated rings. The van der Waals surface area contributed by atoms with Gasteiger partial charge in [0.15, 0.2) is 6.61 Å². The highest BCUT2D eigenvalue weighted by Gasteiger charge is 2.33. The molecule has 25 heavy (non-hydrogen) atoms. The number of amides is 2. The Labute approximate surface area is 145 Å². The highest BCUT2D eigenvalue weighted by molar-refractivity contribution is 6.02. The topological polar surface area (TPSA) is 67.7 Å². The molecular formula is C18H20N4O3. The van der Waals surface area contributed by atoms with Gasteiger partial charge < -0.3 is 9.64 Å². The smallest absolute Gasteiger partial charge is 0.265 e. The zero-order valence-electron chi connectivity index (χ0n) is 13.9. The summed E-state index contributed by atoms with van der Waals surface area (Å²) in [5.74, 6) is 0.430. The van der Waals surface area contributed by atoms with E-state index < -0.39 is 0 Å². The van der Waals surface area contributed by atoms with Gasteiger partial charge in [0.1, 0.15) is 12.3 Å². The molecule has 0 N–H and O–H groups in total. The Balaban J connectivity index is 1.48. The van der Waals surface area contributed by atoms with Crippen molar-refractivity contribution in [3.05, 3.63) is 42.7 Å². The van der Waals surface area contributed by atoms with Gasteiger partial charge in [-0.25, -0.2) is 0 Å². The molecule has 0 aliphatic carbocycles. The van der Waals surface area contributed by atoms with E-state index in [9.17, 15) is 9.59 Å². The number of hydrogen-bond donors (Lipinski definition) is 0. The van der Waals surface area contributed by atoms with Crippen molar-refractivity contribution in [3.8, 4) is 5.75 Å². The molecule has 0 bridgehead atoms. The number of nitrogens with zero attached hydrogens (tertiary/aromatic N) is 4. The fourth-order valence-corrected chi connectivity index (χ4v) is 3.53. The summed E-state index contributed by atoms with van der Waals surface area (Å²) in [6.07, 6.45) is 5.58. The predicted molar refractivity (Wildman–Crippen MR) is 91.3 cm³/mol. The molecule has 7 heteroatoms. The molecule has 1 saturated heterocycles. The molecule has 1 atom stereocenters. The van der Waals surface area contributed by atoms with Crippen LogP contribution in [-0.4, -0.2) is 52.2 Å². The molecule has 1 aromatic heterocycles. The number of fused-ring (bicyclic) bond motifs is 1. The van der Waals surface area contributed by atoms with Gasteiger partial charge in [-0.1, -0.05) is 12.1 Å². The lowest BCUT2D eigenvalue weighted by Crippen LogP contribution is -2.48. The SMILES string of the molecule is O=C1COc2ccccc2N1CC(=O)N1CCC[C@H]1Cn1cccn1. The molecule has 130 valence electrons. The fraction of sp³-hybridized carbons (Fsp3) is 0.389. The van der Waals surface area contributed by atoms with Crippen LogP contribution in [-0.2, 0) is 16.1 Å². The third kappa shape index (κ3) is 3.09. The van der Waals surface area contributed by atoms with Crippen molar-refractivity contribution < 1.29 is 14.3 Å². The summed E-state index contributed by atoms with van der Waals surface area (Å²) in [5.41, 5.74) is 0.662. The maximum absolute atomic E-state index is 12.9. The molecule has 2 aliphatic heterocycles. The van der Waals surface area contributed by atoms with Crippen molar-refractivity contribution in [3.63, 3.8) is 0 Å². The average Bonchev–Trinajstić information content (AvgIpc) is 3.30. The summed E-state index contributed by atoms with van der Waals surface area (Å²) in [6.45, 7) is 1.44. The average molecular weight is 340 g/mol. The van der Waals surface area contributed by atoms with E-state index in [1.807, 2.05) is 46.1 Å². The Hall–Kier alpha value is -2.83. The van der Waals surface area contributed by atoms with Crippen LogP contribution in [0.5, 0.6) is 5.75 Å². The van der Waals surface area contributed by atoms with Crippen LogP contribution in [0.1, 0.15) is 12.8 Å². The lowest BCUT2D eigenvalue weighted by molar-refractivity contribution is -0.132. The molecule has 0 saturated carbocycles. The molecule has 0 unspecified atom stereocenters. The monoisotopic (exact) mass is 340 g/mol. The number of carbonyl (C=O) groups excluding carboxylic acids is 2. The number of rotatable bonds is 4. The van der Waals surface area contributed by atoms with Gasteiger partial charge in [-0.3, -0.25) is 19.2 Å². The van der Waals surface area contributed by atoms with E-state index in [1.165, 1.54) is 4.90 Å². The zero-order chi connectivity index (χ0) is 17.2. The van der Waals surface area contributed by atoms with Gasteiger partial charge in [0.25, 0.3) is 5.91 Å². The van der Waals surface area contributed by atoms with Crippen LogP contribution in [0.3, 0.4) is 0 Å². The number of benzene rings is 1. The highest BCUT2D eigenvalue weighted by atomic mass is 16.5. The Morgan fingerprint density at radius 2 is 2.16 bits per heavy atom. The van der Waals surface area contributed by atoms with Gasteiger partial charge in [0, 0.05) is 18.9 Å². The van der Waals surface area contributed by atoms with E-state index in [0.717, 1.165) is 19.4 Å². The minimum atomic E-state index is -0.185. The van der Waals surface area contributed by atoms with Gasteiger partial charge >= 0.3 is 0 Å². The van der Waals surface area contributed by atoms with Crippen molar-refractivity contribution in [1.82, 2.24) is 14.7 Å². The molecule has 4 rings (SSSR count). The molecule has 2 aromatic rings. The van der Waals surface area contributed by atoms with Crippen LogP contribution in [0.2, 0.25) is 0 Å². The van der Waals surface area contributed by atoms with E-state index in [2.05, 4.69) is 5.10 Å². The number of hydrogen-bond acceptors (Lipinski definition) is 4. The fourth-order valence-electron chi connectivity index (χ4n) is 3.53. The molecule has 2 amide bonds. The third-order valence-corrected chi connectivity index (χ3v) is 4.76. The molecule has 0 spiro atoms. The van der Waals surface area contributed by atoms with Gasteiger partial charge in [0.2, 0.25) is 5.91 Å². The quantitative estimate of drug-likeness (QED) is 0.841. The highest BCUT2D eigenvalue weighted by Crippen LogP contribution is 2.31. The Bertz CT molecular complexity index is 774. The second-order valence-corrected chi connectivity index (χ2v) is 6.35. The summed E-state index contributed by atoms with van der Waals surface area (Å²) < 4.78 is 7.29. The molecule has 3 heterocycles. The van der Waals surface area contributed by atoms with E-state index in [4.69, 9.17) is 4.74 Å². The summed E-state index contributed by atoms with van der Waals surface area (Å²) in [6, 6.07) is 9.33. The standard InChI is InChI=1S/C18H20N4O3/c23-17(21-10-3-5-14(21)11-20-9-4-8-19-20)12-22-15-6-1-2-7-16(15)25-13-18(22)24/h1-2,4,6-9,14H,3,5,10-13H2/t14-/m0/s1. The van der Waals surface area contributed by atoms with Crippen molar-refractivity contribution in [1.29, 1.82) is 0 Å². The number of para-hydroxylation sites is 2. The zero-order valence-corrected chi connectivity index (χ0v) is 13.9. The van der Waals surface area contributed by atoms with Gasteiger partial charge in [-0.05, 0) is 31.0 Å². The number of carbonyl (C=O) groups is 2. The van der Waals surface area contributed by atoms with Crippen LogP contribution in [0.15, 0.2) is 42.7 Å². The van der Waals surface area contributed by atoms with Gasteiger partial charge in [0.05, 0.1) is 18.3 Å². The normalized spacial score (nSPS) is 19.7. The third-order valence-electron chi connectivity index (χ3n) is 4.76. The van der Waals surface area contributed by atoms with Gasteiger partial charge in [-0.15, -0.1) is 0 Å².